The first-order chi connectivity index (χ1) is 18.4. The molecule has 2 aliphatic rings. The average Bonchev–Trinajstić information content (AvgIpc) is 3.42. The predicted molar refractivity (Wildman–Crippen MR) is 139 cm³/mol. The molecule has 5 rings (SSSR count). The summed E-state index contributed by atoms with van der Waals surface area (Å²) in [7, 11) is -9.53. The molecule has 0 radical (unpaired) electrons. The van der Waals surface area contributed by atoms with E-state index in [2.05, 4.69) is 32.0 Å². The Morgan fingerprint density at radius 2 is 1.82 bits per heavy atom. The molecule has 0 bridgehead atoms. The van der Waals surface area contributed by atoms with E-state index < -0.39 is 52.2 Å². The second-order valence-electron chi connectivity index (χ2n) is 9.54. The molecular formula is C22H28ClN5O9P2. The zero-order valence-corrected chi connectivity index (χ0v) is 23.0. The minimum Gasteiger partial charge on any atom is -0.387 e. The number of anilines is 1. The molecule has 5 N–H and O–H groups in total. The van der Waals surface area contributed by atoms with Crippen molar-refractivity contribution in [2.45, 2.75) is 49.8 Å². The summed E-state index contributed by atoms with van der Waals surface area (Å²) in [6, 6.07) is 10.1. The van der Waals surface area contributed by atoms with Gasteiger partial charge in [-0.15, -0.1) is 0 Å². The van der Waals surface area contributed by atoms with Crippen molar-refractivity contribution in [2.75, 3.05) is 24.0 Å². The smallest absolute Gasteiger partial charge is 0.340 e. The standard InChI is InChI=1S/C22H28ClN5O9P2/c23-22-25-19(27-9-5-4-8-14(27)13-6-2-1-3-7-13)16-20(26-22)28(11-24-16)21-18(30)17(29)15(37-21)10-36-39(34,35)12-38(31,32)33/h1-3,6-7,11,14-15,17-18,21,29-30H,4-5,8-10,12H2,(H,34,35)(H2,31,32,33)/t14?,15-,17?,18?,21-/m1/s1. The van der Waals surface area contributed by atoms with Crippen LogP contribution in [0.25, 0.3) is 11.2 Å². The number of ether oxygens (including phenoxy) is 1. The minimum atomic E-state index is -4.83. The maximum atomic E-state index is 12.0. The lowest BCUT2D eigenvalue weighted by Gasteiger charge is -2.37. The van der Waals surface area contributed by atoms with Crippen LogP contribution in [0.2, 0.25) is 5.28 Å². The van der Waals surface area contributed by atoms with Crippen molar-refractivity contribution in [1.82, 2.24) is 19.5 Å². The highest BCUT2D eigenvalue weighted by Gasteiger charge is 2.46. The van der Waals surface area contributed by atoms with E-state index in [4.69, 9.17) is 30.6 Å². The Labute approximate surface area is 227 Å². The molecule has 4 heterocycles. The van der Waals surface area contributed by atoms with Crippen molar-refractivity contribution in [3.05, 3.63) is 47.5 Å². The molecule has 3 aromatic rings. The molecule has 14 nitrogen and oxygen atoms in total. The molecule has 0 aliphatic carbocycles. The zero-order chi connectivity index (χ0) is 27.9. The number of aromatic nitrogens is 4. The third-order valence-electron chi connectivity index (χ3n) is 6.75. The molecule has 0 amide bonds. The van der Waals surface area contributed by atoms with Crippen LogP contribution in [0.4, 0.5) is 5.82 Å². The molecule has 212 valence electrons. The number of aliphatic hydroxyl groups excluding tert-OH is 2. The number of halogens is 1. The molecule has 2 aromatic heterocycles. The van der Waals surface area contributed by atoms with Gasteiger partial charge in [-0.05, 0) is 36.4 Å². The first-order valence-electron chi connectivity index (χ1n) is 12.2. The van der Waals surface area contributed by atoms with Gasteiger partial charge < -0.3 is 39.1 Å². The van der Waals surface area contributed by atoms with Crippen molar-refractivity contribution in [3.63, 3.8) is 0 Å². The van der Waals surface area contributed by atoms with Crippen molar-refractivity contribution in [2.24, 2.45) is 0 Å². The van der Waals surface area contributed by atoms with Gasteiger partial charge in [-0.2, -0.15) is 9.97 Å². The Bertz CT molecular complexity index is 1420. The average molecular weight is 604 g/mol. The van der Waals surface area contributed by atoms with Crippen LogP contribution in [-0.2, 0) is 18.4 Å². The summed E-state index contributed by atoms with van der Waals surface area (Å²) in [6.07, 6.45) is -1.31. The fourth-order valence-corrected chi connectivity index (χ4v) is 7.76. The summed E-state index contributed by atoms with van der Waals surface area (Å²) in [5.74, 6) is -0.872. The third kappa shape index (κ3) is 6.20. The molecule has 2 fully saturated rings. The van der Waals surface area contributed by atoms with Crippen LogP contribution in [0.3, 0.4) is 0 Å². The molecule has 6 atom stereocenters. The second kappa shape index (κ2) is 11.1. The Kier molecular flexibility index (Phi) is 8.16. The van der Waals surface area contributed by atoms with Crippen LogP contribution < -0.4 is 4.90 Å². The Hall–Kier alpha value is -1.96. The quantitative estimate of drug-likeness (QED) is 0.185. The summed E-state index contributed by atoms with van der Waals surface area (Å²) < 4.78 is 35.0. The highest BCUT2D eigenvalue weighted by molar-refractivity contribution is 7.70. The van der Waals surface area contributed by atoms with E-state index in [9.17, 15) is 24.2 Å². The van der Waals surface area contributed by atoms with Gasteiger partial charge in [-0.3, -0.25) is 13.7 Å². The number of aliphatic hydroxyl groups is 2. The van der Waals surface area contributed by atoms with E-state index in [1.54, 1.807) is 0 Å². The Morgan fingerprint density at radius 1 is 1.08 bits per heavy atom. The molecule has 2 aliphatic heterocycles. The number of benzene rings is 1. The van der Waals surface area contributed by atoms with Crippen LogP contribution >= 0.6 is 26.8 Å². The summed E-state index contributed by atoms with van der Waals surface area (Å²) in [6.45, 7) is 0.00797. The van der Waals surface area contributed by atoms with Gasteiger partial charge in [0.05, 0.1) is 19.0 Å². The van der Waals surface area contributed by atoms with Crippen molar-refractivity contribution in [3.8, 4) is 0 Å². The number of hydrogen-bond donors (Lipinski definition) is 5. The van der Waals surface area contributed by atoms with Crippen LogP contribution in [0.15, 0.2) is 36.7 Å². The van der Waals surface area contributed by atoms with E-state index in [1.165, 1.54) is 10.9 Å². The maximum Gasteiger partial charge on any atom is 0.340 e. The number of imidazole rings is 1. The molecule has 4 unspecified atom stereocenters. The highest BCUT2D eigenvalue weighted by Crippen LogP contribution is 2.55. The van der Waals surface area contributed by atoms with Crippen molar-refractivity contribution >= 4 is 43.8 Å². The lowest BCUT2D eigenvalue weighted by Crippen LogP contribution is -2.34. The van der Waals surface area contributed by atoms with Gasteiger partial charge in [0, 0.05) is 6.54 Å². The Morgan fingerprint density at radius 3 is 2.54 bits per heavy atom. The summed E-state index contributed by atoms with van der Waals surface area (Å²) in [5.41, 5.74) is 1.78. The van der Waals surface area contributed by atoms with E-state index in [-0.39, 0.29) is 17.0 Å². The lowest BCUT2D eigenvalue weighted by atomic mass is 9.95. The molecule has 0 saturated carbocycles. The Balaban J connectivity index is 1.42. The SMILES string of the molecule is O=P(O)(O)CP(=O)(O)OC[C@H]1O[C@@H](n2cnc3c(N4CCCCC4c4ccccc4)nc(Cl)nc32)C(O)C1O. The lowest BCUT2D eigenvalue weighted by molar-refractivity contribution is -0.0483. The topological polar surface area (TPSA) is 201 Å². The first-order valence-corrected chi connectivity index (χ1v) is 16.1. The van der Waals surface area contributed by atoms with Crippen LogP contribution in [0, 0.1) is 0 Å². The van der Waals surface area contributed by atoms with Crippen LogP contribution in [0.5, 0.6) is 0 Å². The molecular weight excluding hydrogens is 576 g/mol. The zero-order valence-electron chi connectivity index (χ0n) is 20.5. The van der Waals surface area contributed by atoms with Gasteiger partial charge in [-0.25, -0.2) is 4.98 Å². The van der Waals surface area contributed by atoms with E-state index in [0.717, 1.165) is 24.8 Å². The third-order valence-corrected chi connectivity index (χ3v) is 10.4. The van der Waals surface area contributed by atoms with E-state index in [0.29, 0.717) is 17.9 Å². The fraction of sp³-hybridized carbons (Fsp3) is 0.500. The van der Waals surface area contributed by atoms with Gasteiger partial charge in [-0.1, -0.05) is 30.3 Å². The van der Waals surface area contributed by atoms with Gasteiger partial charge in [0.1, 0.15) is 18.3 Å². The molecule has 0 spiro atoms. The molecule has 2 saturated heterocycles. The number of rotatable bonds is 8. The fourth-order valence-electron chi connectivity index (χ4n) is 5.03. The van der Waals surface area contributed by atoms with Crippen molar-refractivity contribution in [1.29, 1.82) is 0 Å². The van der Waals surface area contributed by atoms with Crippen LogP contribution in [0.1, 0.15) is 37.1 Å². The summed E-state index contributed by atoms with van der Waals surface area (Å²) in [4.78, 5) is 43.1. The van der Waals surface area contributed by atoms with Gasteiger partial charge in [0.25, 0.3) is 0 Å². The predicted octanol–water partition coefficient (Wildman–Crippen LogP) is 2.17. The number of piperidine rings is 1. The number of fused-ring (bicyclic) bond motifs is 1. The van der Waals surface area contributed by atoms with Gasteiger partial charge >= 0.3 is 15.2 Å². The maximum absolute atomic E-state index is 12.0. The molecule has 1 aromatic carbocycles. The highest BCUT2D eigenvalue weighted by atomic mass is 35.5. The van der Waals surface area contributed by atoms with E-state index >= 15 is 0 Å². The second-order valence-corrected chi connectivity index (χ2v) is 13.9. The monoisotopic (exact) mass is 603 g/mol. The number of nitrogens with zero attached hydrogens (tertiary/aromatic N) is 5. The van der Waals surface area contributed by atoms with Crippen LogP contribution in [-0.4, -0.2) is 81.8 Å². The summed E-state index contributed by atoms with van der Waals surface area (Å²) in [5, 5.41) is 21.2. The van der Waals surface area contributed by atoms with Gasteiger partial charge in [0.15, 0.2) is 29.1 Å². The normalized spacial score (nSPS) is 27.6. The minimum absolute atomic E-state index is 0.0401. The van der Waals surface area contributed by atoms with Gasteiger partial charge in [0.2, 0.25) is 5.28 Å². The largest absolute Gasteiger partial charge is 0.387 e. The first kappa shape index (κ1) is 28.6. The number of hydrogen-bond acceptors (Lipinski definition) is 10. The summed E-state index contributed by atoms with van der Waals surface area (Å²) >= 11 is 6.33. The molecule has 17 heteroatoms. The van der Waals surface area contributed by atoms with E-state index in [1.807, 2.05) is 18.2 Å². The molecule has 39 heavy (non-hydrogen) atoms. The van der Waals surface area contributed by atoms with Crippen molar-refractivity contribution < 1.29 is 43.3 Å².